The molecule has 102 valence electrons. The van der Waals surface area contributed by atoms with E-state index in [1.165, 1.54) is 4.90 Å². The van der Waals surface area contributed by atoms with Crippen LogP contribution in [0, 0.1) is 0 Å². The molecule has 0 aromatic heterocycles. The summed E-state index contributed by atoms with van der Waals surface area (Å²) in [4.78, 5) is 1.40. The summed E-state index contributed by atoms with van der Waals surface area (Å²) in [6.45, 7) is 1.13. The van der Waals surface area contributed by atoms with Gasteiger partial charge in [-0.25, -0.2) is 8.78 Å². The standard InChI is InChI=1S/C12H16BrF2NO2/c1-8(18)9-2-3-11(10(13)6-9)16(4-5-17)7-12(14)15/h2-3,6,8,12,17-18H,4-5,7H2,1H3/t8-/m1/s1. The fraction of sp³-hybridized carbons (Fsp3) is 0.500. The Hall–Kier alpha value is -0.720. The largest absolute Gasteiger partial charge is 0.395 e. The van der Waals surface area contributed by atoms with Crippen molar-refractivity contribution in [1.29, 1.82) is 0 Å². The zero-order valence-electron chi connectivity index (χ0n) is 9.98. The number of aliphatic hydroxyl groups excluding tert-OH is 2. The predicted octanol–water partition coefficient (Wildman–Crippen LogP) is 2.57. The number of rotatable bonds is 6. The van der Waals surface area contributed by atoms with Gasteiger partial charge in [0.1, 0.15) is 0 Å². The highest BCUT2D eigenvalue weighted by atomic mass is 79.9. The van der Waals surface area contributed by atoms with E-state index in [1.807, 2.05) is 0 Å². The van der Waals surface area contributed by atoms with Crippen molar-refractivity contribution < 1.29 is 19.0 Å². The molecule has 2 N–H and O–H groups in total. The maximum absolute atomic E-state index is 12.5. The predicted molar refractivity (Wildman–Crippen MR) is 70.1 cm³/mol. The van der Waals surface area contributed by atoms with E-state index in [1.54, 1.807) is 25.1 Å². The summed E-state index contributed by atoms with van der Waals surface area (Å²) >= 11 is 3.30. The van der Waals surface area contributed by atoms with Crippen LogP contribution in [0.15, 0.2) is 22.7 Å². The van der Waals surface area contributed by atoms with Gasteiger partial charge in [0.15, 0.2) is 0 Å². The molecule has 18 heavy (non-hydrogen) atoms. The number of alkyl halides is 2. The first kappa shape index (κ1) is 15.3. The minimum atomic E-state index is -2.47. The van der Waals surface area contributed by atoms with E-state index < -0.39 is 19.1 Å². The van der Waals surface area contributed by atoms with Crippen LogP contribution in [-0.4, -0.2) is 36.3 Å². The van der Waals surface area contributed by atoms with Gasteiger partial charge in [0.2, 0.25) is 0 Å². The first-order valence-corrected chi connectivity index (χ1v) is 6.36. The highest BCUT2D eigenvalue weighted by molar-refractivity contribution is 9.10. The van der Waals surface area contributed by atoms with Crippen molar-refractivity contribution in [2.75, 3.05) is 24.6 Å². The molecule has 1 rings (SSSR count). The molecule has 0 aliphatic rings. The summed E-state index contributed by atoms with van der Waals surface area (Å²) in [6.07, 6.45) is -3.09. The number of aliphatic hydroxyl groups is 2. The van der Waals surface area contributed by atoms with Crippen molar-refractivity contribution >= 4 is 21.6 Å². The Morgan fingerprint density at radius 1 is 1.39 bits per heavy atom. The van der Waals surface area contributed by atoms with Gasteiger partial charge in [-0.2, -0.15) is 0 Å². The summed E-state index contributed by atoms with van der Waals surface area (Å²) in [7, 11) is 0. The maximum atomic E-state index is 12.5. The third-order valence-corrected chi connectivity index (χ3v) is 3.16. The van der Waals surface area contributed by atoms with Gasteiger partial charge in [-0.05, 0) is 40.5 Å². The second kappa shape index (κ2) is 7.01. The molecule has 0 fully saturated rings. The minimum Gasteiger partial charge on any atom is -0.395 e. The summed E-state index contributed by atoms with van der Waals surface area (Å²) in [5, 5.41) is 18.3. The lowest BCUT2D eigenvalue weighted by Crippen LogP contribution is -2.31. The van der Waals surface area contributed by atoms with Crippen molar-refractivity contribution in [2.45, 2.75) is 19.5 Å². The molecule has 1 aromatic rings. The molecule has 0 unspecified atom stereocenters. The van der Waals surface area contributed by atoms with E-state index >= 15 is 0 Å². The SMILES string of the molecule is C[C@@H](O)c1ccc(N(CCO)CC(F)F)c(Br)c1. The fourth-order valence-electron chi connectivity index (χ4n) is 1.64. The third-order valence-electron chi connectivity index (χ3n) is 2.52. The molecule has 0 heterocycles. The molecule has 0 radical (unpaired) electrons. The molecule has 0 saturated carbocycles. The Labute approximate surface area is 113 Å². The van der Waals surface area contributed by atoms with E-state index in [4.69, 9.17) is 5.11 Å². The van der Waals surface area contributed by atoms with Crippen LogP contribution in [0.5, 0.6) is 0 Å². The number of nitrogens with zero attached hydrogens (tertiary/aromatic N) is 1. The van der Waals surface area contributed by atoms with E-state index in [0.717, 1.165) is 0 Å². The van der Waals surface area contributed by atoms with Crippen LogP contribution in [0.3, 0.4) is 0 Å². The van der Waals surface area contributed by atoms with Gasteiger partial charge < -0.3 is 15.1 Å². The van der Waals surface area contributed by atoms with Crippen LogP contribution in [0.1, 0.15) is 18.6 Å². The van der Waals surface area contributed by atoms with Crippen molar-refractivity contribution in [3.05, 3.63) is 28.2 Å². The minimum absolute atomic E-state index is 0.136. The third kappa shape index (κ3) is 4.19. The Balaban J connectivity index is 2.97. The lowest BCUT2D eigenvalue weighted by atomic mass is 10.1. The second-order valence-electron chi connectivity index (χ2n) is 3.95. The fourth-order valence-corrected chi connectivity index (χ4v) is 2.28. The van der Waals surface area contributed by atoms with Crippen molar-refractivity contribution in [3.63, 3.8) is 0 Å². The van der Waals surface area contributed by atoms with Crippen molar-refractivity contribution in [3.8, 4) is 0 Å². The summed E-state index contributed by atoms with van der Waals surface area (Å²) in [6, 6.07) is 5.03. The molecular weight excluding hydrogens is 308 g/mol. The Bertz CT molecular complexity index is 388. The summed E-state index contributed by atoms with van der Waals surface area (Å²) in [5.74, 6) is 0. The molecule has 1 atom stereocenters. The average molecular weight is 324 g/mol. The molecule has 3 nitrogen and oxygen atoms in total. The lowest BCUT2D eigenvalue weighted by Gasteiger charge is -2.25. The van der Waals surface area contributed by atoms with Crippen molar-refractivity contribution in [1.82, 2.24) is 0 Å². The van der Waals surface area contributed by atoms with Gasteiger partial charge >= 0.3 is 0 Å². The smallest absolute Gasteiger partial charge is 0.255 e. The van der Waals surface area contributed by atoms with Gasteiger partial charge in [0, 0.05) is 11.0 Å². The van der Waals surface area contributed by atoms with E-state index in [2.05, 4.69) is 15.9 Å². The normalized spacial score (nSPS) is 12.8. The molecule has 0 spiro atoms. The summed E-state index contributed by atoms with van der Waals surface area (Å²) in [5.41, 5.74) is 1.28. The molecule has 0 aliphatic heterocycles. The van der Waals surface area contributed by atoms with Crippen molar-refractivity contribution in [2.24, 2.45) is 0 Å². The Morgan fingerprint density at radius 2 is 2.06 bits per heavy atom. The van der Waals surface area contributed by atoms with Crippen LogP contribution in [0.25, 0.3) is 0 Å². The number of halogens is 3. The zero-order valence-corrected chi connectivity index (χ0v) is 11.6. The first-order chi connectivity index (χ1) is 8.45. The molecule has 6 heteroatoms. The average Bonchev–Trinajstić information content (AvgIpc) is 2.27. The van der Waals surface area contributed by atoms with Gasteiger partial charge in [-0.1, -0.05) is 6.07 Å². The molecule has 0 saturated heterocycles. The summed E-state index contributed by atoms with van der Waals surface area (Å²) < 4.78 is 25.5. The molecule has 0 bridgehead atoms. The van der Waals surface area contributed by atoms with Crippen LogP contribution in [0.2, 0.25) is 0 Å². The first-order valence-electron chi connectivity index (χ1n) is 5.57. The van der Waals surface area contributed by atoms with Crippen LogP contribution >= 0.6 is 15.9 Å². The molecule has 1 aromatic carbocycles. The zero-order chi connectivity index (χ0) is 13.7. The van der Waals surface area contributed by atoms with Crippen LogP contribution in [0.4, 0.5) is 14.5 Å². The quantitative estimate of drug-likeness (QED) is 0.845. The topological polar surface area (TPSA) is 43.7 Å². The number of benzene rings is 1. The van der Waals surface area contributed by atoms with Crippen LogP contribution in [-0.2, 0) is 0 Å². The van der Waals surface area contributed by atoms with Gasteiger partial charge in [-0.15, -0.1) is 0 Å². The number of anilines is 1. The van der Waals surface area contributed by atoms with E-state index in [0.29, 0.717) is 15.7 Å². The lowest BCUT2D eigenvalue weighted by molar-refractivity contribution is 0.152. The Morgan fingerprint density at radius 3 is 2.50 bits per heavy atom. The van der Waals surface area contributed by atoms with Gasteiger partial charge in [-0.3, -0.25) is 0 Å². The number of hydrogen-bond acceptors (Lipinski definition) is 3. The number of hydrogen-bond donors (Lipinski definition) is 2. The monoisotopic (exact) mass is 323 g/mol. The highest BCUT2D eigenvalue weighted by Gasteiger charge is 2.15. The highest BCUT2D eigenvalue weighted by Crippen LogP contribution is 2.29. The van der Waals surface area contributed by atoms with Crippen LogP contribution < -0.4 is 4.90 Å². The van der Waals surface area contributed by atoms with Gasteiger partial charge in [0.25, 0.3) is 6.43 Å². The Kier molecular flexibility index (Phi) is 5.98. The van der Waals surface area contributed by atoms with Gasteiger partial charge in [0.05, 0.1) is 24.9 Å². The molecule has 0 amide bonds. The maximum Gasteiger partial charge on any atom is 0.255 e. The second-order valence-corrected chi connectivity index (χ2v) is 4.80. The van der Waals surface area contributed by atoms with E-state index in [9.17, 15) is 13.9 Å². The molecular formula is C12H16BrF2NO2. The van der Waals surface area contributed by atoms with E-state index in [-0.39, 0.29) is 13.2 Å². The molecule has 0 aliphatic carbocycles.